The van der Waals surface area contributed by atoms with Crippen molar-refractivity contribution < 1.29 is 10.2 Å². The molecular weight excluding hydrogens is 154 g/mol. The quantitative estimate of drug-likeness (QED) is 0.583. The van der Waals surface area contributed by atoms with Crippen molar-refractivity contribution in [3.8, 4) is 0 Å². The Morgan fingerprint density at radius 1 is 1.25 bits per heavy atom. The summed E-state index contributed by atoms with van der Waals surface area (Å²) in [7, 11) is 0. The van der Waals surface area contributed by atoms with Crippen LogP contribution in [0, 0.1) is 0 Å². The summed E-state index contributed by atoms with van der Waals surface area (Å²) < 4.78 is 0. The molecule has 74 valence electrons. The van der Waals surface area contributed by atoms with Gasteiger partial charge >= 0.3 is 0 Å². The van der Waals surface area contributed by atoms with Crippen molar-refractivity contribution in [3.05, 3.63) is 0 Å². The molecule has 0 aliphatic heterocycles. The molecule has 0 spiro atoms. The SMILES string of the molecule is CC(O)C(C)(C)NCC(C)(C)O. The molecule has 1 atom stereocenters. The summed E-state index contributed by atoms with van der Waals surface area (Å²) in [5, 5.41) is 21.8. The summed E-state index contributed by atoms with van der Waals surface area (Å²) in [5.41, 5.74) is -1.08. The van der Waals surface area contributed by atoms with E-state index in [9.17, 15) is 10.2 Å². The fraction of sp³-hybridized carbons (Fsp3) is 1.00. The van der Waals surface area contributed by atoms with E-state index in [-0.39, 0.29) is 5.54 Å². The second-order valence-corrected chi connectivity index (χ2v) is 4.56. The Hall–Kier alpha value is -0.120. The van der Waals surface area contributed by atoms with Gasteiger partial charge in [-0.1, -0.05) is 0 Å². The predicted molar refractivity (Wildman–Crippen MR) is 50.1 cm³/mol. The molecule has 0 saturated heterocycles. The molecule has 0 bridgehead atoms. The van der Waals surface area contributed by atoms with Gasteiger partial charge in [0.1, 0.15) is 0 Å². The summed E-state index contributed by atoms with van der Waals surface area (Å²) >= 11 is 0. The average molecular weight is 175 g/mol. The second kappa shape index (κ2) is 3.73. The van der Waals surface area contributed by atoms with E-state index in [4.69, 9.17) is 0 Å². The van der Waals surface area contributed by atoms with E-state index in [1.165, 1.54) is 0 Å². The van der Waals surface area contributed by atoms with Crippen LogP contribution in [0.3, 0.4) is 0 Å². The number of hydrogen-bond acceptors (Lipinski definition) is 3. The first kappa shape index (κ1) is 11.9. The zero-order valence-electron chi connectivity index (χ0n) is 8.68. The van der Waals surface area contributed by atoms with Crippen LogP contribution in [0.4, 0.5) is 0 Å². The molecule has 0 aromatic rings. The van der Waals surface area contributed by atoms with Crippen LogP contribution < -0.4 is 5.32 Å². The van der Waals surface area contributed by atoms with Crippen molar-refractivity contribution in [1.82, 2.24) is 5.32 Å². The van der Waals surface area contributed by atoms with E-state index in [0.29, 0.717) is 6.54 Å². The average Bonchev–Trinajstić information content (AvgIpc) is 1.82. The number of rotatable bonds is 4. The number of nitrogens with one attached hydrogen (secondary N) is 1. The third-order valence-electron chi connectivity index (χ3n) is 2.02. The topological polar surface area (TPSA) is 52.5 Å². The Morgan fingerprint density at radius 2 is 1.67 bits per heavy atom. The molecule has 3 N–H and O–H groups in total. The Labute approximate surface area is 74.8 Å². The van der Waals surface area contributed by atoms with Crippen molar-refractivity contribution in [3.63, 3.8) is 0 Å². The lowest BCUT2D eigenvalue weighted by molar-refractivity contribution is 0.0453. The van der Waals surface area contributed by atoms with Crippen LogP contribution in [0.2, 0.25) is 0 Å². The van der Waals surface area contributed by atoms with Crippen LogP contribution in [0.1, 0.15) is 34.6 Å². The van der Waals surface area contributed by atoms with Gasteiger partial charge in [0.2, 0.25) is 0 Å². The van der Waals surface area contributed by atoms with E-state index < -0.39 is 11.7 Å². The maximum Gasteiger partial charge on any atom is 0.0715 e. The van der Waals surface area contributed by atoms with Crippen LogP contribution in [-0.2, 0) is 0 Å². The molecule has 1 unspecified atom stereocenters. The maximum atomic E-state index is 9.42. The lowest BCUT2D eigenvalue weighted by Gasteiger charge is -2.32. The number of aliphatic hydroxyl groups excluding tert-OH is 1. The third-order valence-corrected chi connectivity index (χ3v) is 2.02. The fourth-order valence-corrected chi connectivity index (χ4v) is 0.592. The largest absolute Gasteiger partial charge is 0.392 e. The summed E-state index contributed by atoms with van der Waals surface area (Å²) in [6, 6.07) is 0. The monoisotopic (exact) mass is 175 g/mol. The Kier molecular flexibility index (Phi) is 3.69. The Bertz CT molecular complexity index is 136. The summed E-state index contributed by atoms with van der Waals surface area (Å²) in [6.45, 7) is 9.49. The molecule has 12 heavy (non-hydrogen) atoms. The first-order chi connectivity index (χ1) is 5.15. The highest BCUT2D eigenvalue weighted by Gasteiger charge is 2.25. The van der Waals surface area contributed by atoms with Gasteiger partial charge in [-0.3, -0.25) is 0 Å². The van der Waals surface area contributed by atoms with Crippen molar-refractivity contribution in [2.75, 3.05) is 6.54 Å². The maximum absolute atomic E-state index is 9.42. The lowest BCUT2D eigenvalue weighted by atomic mass is 9.97. The minimum atomic E-state index is -0.730. The van der Waals surface area contributed by atoms with Crippen molar-refractivity contribution in [2.24, 2.45) is 0 Å². The molecule has 0 aromatic heterocycles. The first-order valence-electron chi connectivity index (χ1n) is 4.30. The zero-order valence-corrected chi connectivity index (χ0v) is 8.68. The Morgan fingerprint density at radius 3 is 1.92 bits per heavy atom. The molecule has 0 aliphatic rings. The number of β-amino-alcohol motifs (C(OH)–C–C–N with tert-alkyl or cyclic N) is 1. The predicted octanol–water partition coefficient (Wildman–Crippen LogP) is 0.506. The van der Waals surface area contributed by atoms with E-state index in [1.807, 2.05) is 13.8 Å². The van der Waals surface area contributed by atoms with Gasteiger partial charge in [-0.2, -0.15) is 0 Å². The molecule has 0 rings (SSSR count). The number of aliphatic hydroxyl groups is 2. The standard InChI is InChI=1S/C9H21NO2/c1-7(11)9(4,5)10-6-8(2,3)12/h7,10-12H,6H2,1-5H3. The van der Waals surface area contributed by atoms with Crippen LogP contribution in [0.15, 0.2) is 0 Å². The van der Waals surface area contributed by atoms with Gasteiger partial charge < -0.3 is 15.5 Å². The third kappa shape index (κ3) is 4.70. The molecule has 0 amide bonds. The van der Waals surface area contributed by atoms with E-state index in [0.717, 1.165) is 0 Å². The second-order valence-electron chi connectivity index (χ2n) is 4.56. The van der Waals surface area contributed by atoms with Crippen molar-refractivity contribution >= 4 is 0 Å². The molecule has 3 nitrogen and oxygen atoms in total. The Balaban J connectivity index is 3.93. The normalized spacial score (nSPS) is 16.2. The molecule has 0 radical (unpaired) electrons. The van der Waals surface area contributed by atoms with E-state index in [1.54, 1.807) is 20.8 Å². The first-order valence-corrected chi connectivity index (χ1v) is 4.30. The minimum absolute atomic E-state index is 0.347. The summed E-state index contributed by atoms with van der Waals surface area (Å²) in [6.07, 6.45) is -0.431. The highest BCUT2D eigenvalue weighted by atomic mass is 16.3. The van der Waals surface area contributed by atoms with Gasteiger partial charge in [-0.05, 0) is 34.6 Å². The molecule has 0 aromatic carbocycles. The molecule has 0 saturated carbocycles. The molecule has 0 fully saturated rings. The van der Waals surface area contributed by atoms with Crippen molar-refractivity contribution in [2.45, 2.75) is 51.9 Å². The number of hydrogen-bond donors (Lipinski definition) is 3. The van der Waals surface area contributed by atoms with Gasteiger partial charge in [0, 0.05) is 12.1 Å². The van der Waals surface area contributed by atoms with Crippen molar-refractivity contribution in [1.29, 1.82) is 0 Å². The fourth-order valence-electron chi connectivity index (χ4n) is 0.592. The summed E-state index contributed by atoms with van der Waals surface area (Å²) in [5.74, 6) is 0. The van der Waals surface area contributed by atoms with E-state index in [2.05, 4.69) is 5.32 Å². The van der Waals surface area contributed by atoms with Gasteiger partial charge in [-0.15, -0.1) is 0 Å². The molecule has 0 aliphatic carbocycles. The lowest BCUT2D eigenvalue weighted by Crippen LogP contribution is -2.52. The molecule has 3 heteroatoms. The van der Waals surface area contributed by atoms with Gasteiger partial charge in [-0.25, -0.2) is 0 Å². The summed E-state index contributed by atoms with van der Waals surface area (Å²) in [4.78, 5) is 0. The highest BCUT2D eigenvalue weighted by Crippen LogP contribution is 2.10. The zero-order chi connectivity index (χ0) is 9.99. The van der Waals surface area contributed by atoms with Crippen LogP contribution >= 0.6 is 0 Å². The van der Waals surface area contributed by atoms with Crippen LogP contribution in [0.5, 0.6) is 0 Å². The van der Waals surface area contributed by atoms with Gasteiger partial charge in [0.05, 0.1) is 11.7 Å². The smallest absolute Gasteiger partial charge is 0.0715 e. The van der Waals surface area contributed by atoms with Gasteiger partial charge in [0.25, 0.3) is 0 Å². The molecule has 0 heterocycles. The van der Waals surface area contributed by atoms with Gasteiger partial charge in [0.15, 0.2) is 0 Å². The van der Waals surface area contributed by atoms with Crippen LogP contribution in [-0.4, -0.2) is 34.0 Å². The van der Waals surface area contributed by atoms with Crippen LogP contribution in [0.25, 0.3) is 0 Å². The van der Waals surface area contributed by atoms with E-state index >= 15 is 0 Å². The highest BCUT2D eigenvalue weighted by molar-refractivity contribution is 4.85. The molecular formula is C9H21NO2. The minimum Gasteiger partial charge on any atom is -0.392 e.